The summed E-state index contributed by atoms with van der Waals surface area (Å²) >= 11 is 0. The molecule has 2 aromatic rings. The molecule has 1 aromatic carbocycles. The summed E-state index contributed by atoms with van der Waals surface area (Å²) in [6.07, 6.45) is 1.19. The molecule has 0 unspecified atom stereocenters. The second kappa shape index (κ2) is 7.06. The van der Waals surface area contributed by atoms with Crippen LogP contribution in [-0.4, -0.2) is 17.6 Å². The Morgan fingerprint density at radius 3 is 2.43 bits per heavy atom. The van der Waals surface area contributed by atoms with Crippen molar-refractivity contribution in [3.8, 4) is 17.8 Å². The predicted octanol–water partition coefficient (Wildman–Crippen LogP) is 2.59. The van der Waals surface area contributed by atoms with Crippen molar-refractivity contribution in [1.29, 1.82) is 10.5 Å². The quantitative estimate of drug-likeness (QED) is 0.641. The first-order valence-corrected chi connectivity index (χ1v) is 6.95. The third-order valence-corrected chi connectivity index (χ3v) is 3.26. The van der Waals surface area contributed by atoms with Crippen LogP contribution in [0, 0.1) is 29.6 Å². The number of rotatable bonds is 4. The van der Waals surface area contributed by atoms with E-state index in [4.69, 9.17) is 4.74 Å². The van der Waals surface area contributed by atoms with E-state index in [2.05, 4.69) is 4.99 Å². The molecule has 0 aliphatic heterocycles. The first-order chi connectivity index (χ1) is 11.2. The zero-order chi connectivity index (χ0) is 16.8. The molecule has 2 rings (SSSR count). The molecule has 0 aliphatic rings. The SMILES string of the molecule is CCO/C=N/c1c(C#N)c(C)c(C#N)c(=O)n1-c1ccccc1. The minimum Gasteiger partial charge on any atom is -0.483 e. The molecule has 0 atom stereocenters. The van der Waals surface area contributed by atoms with Gasteiger partial charge in [0.15, 0.2) is 12.2 Å². The minimum absolute atomic E-state index is 0.0687. The lowest BCUT2D eigenvalue weighted by Crippen LogP contribution is -2.23. The number of benzene rings is 1. The van der Waals surface area contributed by atoms with Gasteiger partial charge in [0, 0.05) is 0 Å². The number of pyridine rings is 1. The molecule has 114 valence electrons. The summed E-state index contributed by atoms with van der Waals surface area (Å²) in [5, 5.41) is 18.7. The third kappa shape index (κ3) is 2.97. The fourth-order valence-electron chi connectivity index (χ4n) is 2.14. The fourth-order valence-corrected chi connectivity index (χ4v) is 2.14. The van der Waals surface area contributed by atoms with E-state index < -0.39 is 5.56 Å². The molecule has 0 aliphatic carbocycles. The van der Waals surface area contributed by atoms with E-state index in [1.54, 1.807) is 38.1 Å². The fraction of sp³-hybridized carbons (Fsp3) is 0.176. The van der Waals surface area contributed by atoms with Gasteiger partial charge in [-0.3, -0.25) is 9.36 Å². The molecule has 0 bridgehead atoms. The topological polar surface area (TPSA) is 91.2 Å². The van der Waals surface area contributed by atoms with Gasteiger partial charge in [0.05, 0.1) is 17.9 Å². The highest BCUT2D eigenvalue weighted by molar-refractivity contribution is 5.65. The molecular weight excluding hydrogens is 292 g/mol. The van der Waals surface area contributed by atoms with E-state index in [-0.39, 0.29) is 16.9 Å². The highest BCUT2D eigenvalue weighted by Crippen LogP contribution is 2.25. The van der Waals surface area contributed by atoms with Crippen LogP contribution in [0.5, 0.6) is 0 Å². The first kappa shape index (κ1) is 16.0. The van der Waals surface area contributed by atoms with Crippen LogP contribution in [0.3, 0.4) is 0 Å². The molecule has 0 amide bonds. The lowest BCUT2D eigenvalue weighted by molar-refractivity contribution is 0.343. The molecule has 0 radical (unpaired) electrons. The average molecular weight is 306 g/mol. The normalized spacial score (nSPS) is 10.3. The summed E-state index contributed by atoms with van der Waals surface area (Å²) < 4.78 is 6.33. The van der Waals surface area contributed by atoms with Crippen molar-refractivity contribution < 1.29 is 4.74 Å². The lowest BCUT2D eigenvalue weighted by Gasteiger charge is -2.13. The van der Waals surface area contributed by atoms with Crippen molar-refractivity contribution in [2.45, 2.75) is 13.8 Å². The number of hydrogen-bond donors (Lipinski definition) is 0. The Bertz CT molecular complexity index is 884. The van der Waals surface area contributed by atoms with Crippen LogP contribution in [0.1, 0.15) is 23.6 Å². The van der Waals surface area contributed by atoms with Gasteiger partial charge in [-0.25, -0.2) is 4.99 Å². The maximum atomic E-state index is 12.7. The molecular formula is C17H14N4O2. The minimum atomic E-state index is -0.515. The van der Waals surface area contributed by atoms with Crippen LogP contribution in [0.15, 0.2) is 40.1 Å². The lowest BCUT2D eigenvalue weighted by atomic mass is 10.1. The molecule has 23 heavy (non-hydrogen) atoms. The summed E-state index contributed by atoms with van der Waals surface area (Å²) in [5.41, 5.74) is 0.422. The van der Waals surface area contributed by atoms with Crippen LogP contribution in [0.4, 0.5) is 5.82 Å². The monoisotopic (exact) mass is 306 g/mol. The van der Waals surface area contributed by atoms with E-state index in [0.717, 1.165) is 0 Å². The van der Waals surface area contributed by atoms with E-state index >= 15 is 0 Å². The van der Waals surface area contributed by atoms with Crippen LogP contribution >= 0.6 is 0 Å². The summed E-state index contributed by atoms with van der Waals surface area (Å²) in [6.45, 7) is 3.77. The van der Waals surface area contributed by atoms with Gasteiger partial charge in [-0.05, 0) is 31.5 Å². The summed E-state index contributed by atoms with van der Waals surface area (Å²) in [4.78, 5) is 16.8. The molecule has 0 saturated heterocycles. The average Bonchev–Trinajstić information content (AvgIpc) is 2.56. The zero-order valence-corrected chi connectivity index (χ0v) is 12.8. The standard InChI is InChI=1S/C17H14N4O2/c1-3-23-11-20-16-14(9-18)12(2)15(10-19)17(22)21(16)13-7-5-4-6-8-13/h4-8,11H,3H2,1-2H3/b20-11+. The number of aliphatic imine (C=N–C) groups is 1. The molecule has 0 saturated carbocycles. The van der Waals surface area contributed by atoms with E-state index in [9.17, 15) is 15.3 Å². The Kier molecular flexibility index (Phi) is 4.91. The maximum absolute atomic E-state index is 12.7. The molecule has 0 spiro atoms. The van der Waals surface area contributed by atoms with Crippen LogP contribution in [0.25, 0.3) is 5.69 Å². The Hall–Kier alpha value is -3.38. The van der Waals surface area contributed by atoms with Gasteiger partial charge in [0.25, 0.3) is 5.56 Å². The Morgan fingerprint density at radius 1 is 1.22 bits per heavy atom. The van der Waals surface area contributed by atoms with Crippen molar-refractivity contribution in [3.63, 3.8) is 0 Å². The second-order valence-corrected chi connectivity index (χ2v) is 4.59. The van der Waals surface area contributed by atoms with Crippen LogP contribution in [0.2, 0.25) is 0 Å². The van der Waals surface area contributed by atoms with Crippen molar-refractivity contribution >= 4 is 12.2 Å². The number of nitrogens with zero attached hydrogens (tertiary/aromatic N) is 4. The first-order valence-electron chi connectivity index (χ1n) is 6.95. The van der Waals surface area contributed by atoms with Gasteiger partial charge >= 0.3 is 0 Å². The number of aromatic nitrogens is 1. The molecule has 1 aromatic heterocycles. The van der Waals surface area contributed by atoms with Gasteiger partial charge in [0.1, 0.15) is 17.7 Å². The van der Waals surface area contributed by atoms with Crippen molar-refractivity contribution in [2.75, 3.05) is 6.61 Å². The molecule has 0 fully saturated rings. The predicted molar refractivity (Wildman–Crippen MR) is 86.0 cm³/mol. The molecule has 1 heterocycles. The molecule has 6 heteroatoms. The van der Waals surface area contributed by atoms with Crippen molar-refractivity contribution in [1.82, 2.24) is 4.57 Å². The number of ether oxygens (including phenoxy) is 1. The Balaban J connectivity index is 2.90. The van der Waals surface area contributed by atoms with E-state index in [0.29, 0.717) is 17.9 Å². The molecule has 0 N–H and O–H groups in total. The van der Waals surface area contributed by atoms with Crippen molar-refractivity contribution in [2.24, 2.45) is 4.99 Å². The van der Waals surface area contributed by atoms with Crippen LogP contribution < -0.4 is 5.56 Å². The Morgan fingerprint density at radius 2 is 1.87 bits per heavy atom. The highest BCUT2D eigenvalue weighted by atomic mass is 16.5. The van der Waals surface area contributed by atoms with Crippen molar-refractivity contribution in [3.05, 3.63) is 57.4 Å². The van der Waals surface area contributed by atoms with E-state index in [1.807, 2.05) is 18.2 Å². The van der Waals surface area contributed by atoms with Gasteiger partial charge < -0.3 is 4.74 Å². The summed E-state index contributed by atoms with van der Waals surface area (Å²) in [5.74, 6) is 0.147. The smallest absolute Gasteiger partial charge is 0.275 e. The number of hydrogen-bond acceptors (Lipinski definition) is 5. The summed E-state index contributed by atoms with van der Waals surface area (Å²) in [6, 6.07) is 12.6. The van der Waals surface area contributed by atoms with Gasteiger partial charge in [-0.2, -0.15) is 10.5 Å². The molecule has 6 nitrogen and oxygen atoms in total. The van der Waals surface area contributed by atoms with Gasteiger partial charge in [-0.15, -0.1) is 0 Å². The van der Waals surface area contributed by atoms with E-state index in [1.165, 1.54) is 11.0 Å². The zero-order valence-electron chi connectivity index (χ0n) is 12.8. The van der Waals surface area contributed by atoms with Gasteiger partial charge in [-0.1, -0.05) is 18.2 Å². The number of para-hydroxylation sites is 1. The van der Waals surface area contributed by atoms with Gasteiger partial charge in [0.2, 0.25) is 0 Å². The largest absolute Gasteiger partial charge is 0.483 e. The summed E-state index contributed by atoms with van der Waals surface area (Å²) in [7, 11) is 0. The Labute approximate surface area is 133 Å². The second-order valence-electron chi connectivity index (χ2n) is 4.59. The third-order valence-electron chi connectivity index (χ3n) is 3.26. The maximum Gasteiger partial charge on any atom is 0.275 e. The highest BCUT2D eigenvalue weighted by Gasteiger charge is 2.19. The van der Waals surface area contributed by atoms with Crippen LogP contribution in [-0.2, 0) is 4.74 Å². The number of nitriles is 2.